The lowest BCUT2D eigenvalue weighted by Gasteiger charge is -2.31. The molecule has 0 saturated carbocycles. The van der Waals surface area contributed by atoms with E-state index in [-0.39, 0.29) is 34.4 Å². The molecule has 5 rings (SSSR count). The van der Waals surface area contributed by atoms with Gasteiger partial charge in [-0.2, -0.15) is 0 Å². The first-order chi connectivity index (χ1) is 20.3. The molecule has 0 spiro atoms. The second-order valence-corrected chi connectivity index (χ2v) is 10.7. The van der Waals surface area contributed by atoms with Gasteiger partial charge in [0.1, 0.15) is 51.0 Å². The van der Waals surface area contributed by atoms with Gasteiger partial charge in [0.2, 0.25) is 0 Å². The van der Waals surface area contributed by atoms with Crippen molar-refractivity contribution in [3.63, 3.8) is 0 Å². The third kappa shape index (κ3) is 6.83. The number of carbonyl (C=O) groups is 1. The van der Waals surface area contributed by atoms with Crippen LogP contribution in [-0.2, 0) is 11.2 Å². The molecule has 2 heterocycles. The van der Waals surface area contributed by atoms with Gasteiger partial charge < -0.3 is 33.9 Å². The molecule has 0 radical (unpaired) electrons. The highest BCUT2D eigenvalue weighted by atomic mass is 16.5. The summed E-state index contributed by atoms with van der Waals surface area (Å²) >= 11 is 0. The van der Waals surface area contributed by atoms with Crippen molar-refractivity contribution in [2.45, 2.75) is 46.6 Å². The van der Waals surface area contributed by atoms with E-state index < -0.39 is 11.2 Å². The summed E-state index contributed by atoms with van der Waals surface area (Å²) in [6.45, 7) is 9.21. The van der Waals surface area contributed by atoms with Crippen molar-refractivity contribution in [3.05, 3.63) is 87.8 Å². The van der Waals surface area contributed by atoms with Gasteiger partial charge in [0.15, 0.2) is 5.58 Å². The maximum atomic E-state index is 12.9. The number of allylic oxidation sites excluding steroid dienone is 2. The van der Waals surface area contributed by atoms with Crippen LogP contribution in [0.4, 0.5) is 0 Å². The SMILES string of the molecule is CC(=O)Oc1ccc(O)cc1.COc1c(CC=C(C)C)c2c(c3oc(=O)c(-c4ccc(O)cc4)c(O)c13)C=CC(C)(C)O2. The lowest BCUT2D eigenvalue weighted by Crippen LogP contribution is -2.28. The van der Waals surface area contributed by atoms with Crippen LogP contribution in [0, 0.1) is 0 Å². The van der Waals surface area contributed by atoms with Gasteiger partial charge >= 0.3 is 11.6 Å². The number of esters is 1. The van der Waals surface area contributed by atoms with Crippen molar-refractivity contribution >= 4 is 23.0 Å². The zero-order valence-corrected chi connectivity index (χ0v) is 24.8. The maximum Gasteiger partial charge on any atom is 0.348 e. The average Bonchev–Trinajstić information content (AvgIpc) is 2.93. The minimum atomic E-state index is -0.694. The summed E-state index contributed by atoms with van der Waals surface area (Å²) < 4.78 is 22.5. The Morgan fingerprint density at radius 1 is 0.953 bits per heavy atom. The highest BCUT2D eigenvalue weighted by Gasteiger charge is 2.32. The summed E-state index contributed by atoms with van der Waals surface area (Å²) in [5, 5.41) is 30.0. The van der Waals surface area contributed by atoms with Gasteiger partial charge in [-0.15, -0.1) is 0 Å². The van der Waals surface area contributed by atoms with Crippen LogP contribution >= 0.6 is 0 Å². The lowest BCUT2D eigenvalue weighted by atomic mass is 9.93. The van der Waals surface area contributed by atoms with Crippen LogP contribution in [-0.4, -0.2) is 34.0 Å². The van der Waals surface area contributed by atoms with E-state index in [0.29, 0.717) is 40.2 Å². The molecule has 9 heteroatoms. The predicted octanol–water partition coefficient (Wildman–Crippen LogP) is 6.89. The molecule has 0 amide bonds. The van der Waals surface area contributed by atoms with Crippen molar-refractivity contribution in [2.24, 2.45) is 0 Å². The molecule has 1 aliphatic rings. The molecule has 0 unspecified atom stereocenters. The number of hydrogen-bond donors (Lipinski definition) is 3. The molecule has 1 aliphatic heterocycles. The van der Waals surface area contributed by atoms with Crippen LogP contribution in [0.2, 0.25) is 0 Å². The minimum absolute atomic E-state index is 0.00458. The summed E-state index contributed by atoms with van der Waals surface area (Å²) in [7, 11) is 1.52. The first-order valence-electron chi connectivity index (χ1n) is 13.5. The largest absolute Gasteiger partial charge is 0.508 e. The fourth-order valence-electron chi connectivity index (χ4n) is 4.57. The van der Waals surface area contributed by atoms with E-state index in [0.717, 1.165) is 11.1 Å². The normalized spacial score (nSPS) is 12.8. The first-order valence-corrected chi connectivity index (χ1v) is 13.5. The van der Waals surface area contributed by atoms with E-state index in [4.69, 9.17) is 23.7 Å². The second kappa shape index (κ2) is 12.4. The van der Waals surface area contributed by atoms with Crippen molar-refractivity contribution in [1.82, 2.24) is 0 Å². The van der Waals surface area contributed by atoms with Gasteiger partial charge in [0.05, 0.1) is 12.7 Å². The Labute approximate surface area is 248 Å². The van der Waals surface area contributed by atoms with Gasteiger partial charge in [-0.3, -0.25) is 4.79 Å². The number of carbonyl (C=O) groups excluding carboxylic acids is 1. The van der Waals surface area contributed by atoms with E-state index in [1.165, 1.54) is 50.4 Å². The summed E-state index contributed by atoms with van der Waals surface area (Å²) in [4.78, 5) is 23.4. The van der Waals surface area contributed by atoms with Crippen LogP contribution in [0.1, 0.15) is 45.7 Å². The Balaban J connectivity index is 0.000000324. The average molecular weight is 587 g/mol. The van der Waals surface area contributed by atoms with Gasteiger partial charge in [-0.1, -0.05) is 23.8 Å². The molecule has 3 aromatic carbocycles. The topological polar surface area (TPSA) is 136 Å². The Bertz CT molecular complexity index is 1770. The minimum Gasteiger partial charge on any atom is -0.508 e. The number of aromatic hydroxyl groups is 3. The zero-order valence-electron chi connectivity index (χ0n) is 24.8. The number of ether oxygens (including phenoxy) is 3. The van der Waals surface area contributed by atoms with E-state index >= 15 is 0 Å². The Hall–Kier alpha value is -5.18. The van der Waals surface area contributed by atoms with E-state index in [2.05, 4.69) is 6.08 Å². The highest BCUT2D eigenvalue weighted by Crippen LogP contribution is 2.49. The molecule has 0 saturated heterocycles. The third-order valence-corrected chi connectivity index (χ3v) is 6.55. The monoisotopic (exact) mass is 586 g/mol. The third-order valence-electron chi connectivity index (χ3n) is 6.55. The van der Waals surface area contributed by atoms with Crippen molar-refractivity contribution in [3.8, 4) is 45.6 Å². The van der Waals surface area contributed by atoms with Crippen LogP contribution in [0.5, 0.6) is 34.5 Å². The number of rotatable bonds is 5. The fourth-order valence-corrected chi connectivity index (χ4v) is 4.57. The quantitative estimate of drug-likeness (QED) is 0.0988. The summed E-state index contributed by atoms with van der Waals surface area (Å²) in [5.74, 6) is 1.01. The standard InChI is InChI=1S/C26H26O6.C8H8O3/c1-14(2)6-11-17-22-18(12-13-26(3,4)32-22)24-20(23(17)30-5)21(28)19(25(29)31-24)15-7-9-16(27)10-8-15;1-6(9)11-8-4-2-7(10)3-5-8/h6-10,12-13,27-28H,11H2,1-5H3;2-5,10H,1H3. The number of fused-ring (bicyclic) bond motifs is 3. The smallest absolute Gasteiger partial charge is 0.348 e. The van der Waals surface area contributed by atoms with Crippen LogP contribution in [0.15, 0.2) is 75.5 Å². The van der Waals surface area contributed by atoms with E-state index in [1.807, 2.05) is 39.8 Å². The first kappa shape index (κ1) is 30.8. The molecule has 1 aromatic heterocycles. The van der Waals surface area contributed by atoms with Gasteiger partial charge in [-0.25, -0.2) is 4.79 Å². The number of phenols is 2. The van der Waals surface area contributed by atoms with Gasteiger partial charge in [0, 0.05) is 12.5 Å². The van der Waals surface area contributed by atoms with Crippen LogP contribution < -0.4 is 19.8 Å². The van der Waals surface area contributed by atoms with E-state index in [9.17, 15) is 19.8 Å². The molecule has 3 N–H and O–H groups in total. The zero-order chi connectivity index (χ0) is 31.5. The molecule has 4 aromatic rings. The van der Waals surface area contributed by atoms with Crippen molar-refractivity contribution in [2.75, 3.05) is 7.11 Å². The highest BCUT2D eigenvalue weighted by molar-refractivity contribution is 6.02. The molecule has 0 bridgehead atoms. The van der Waals surface area contributed by atoms with Gasteiger partial charge in [0.25, 0.3) is 0 Å². The number of hydrogen-bond acceptors (Lipinski definition) is 9. The number of methoxy groups -OCH3 is 1. The molecule has 224 valence electrons. The molecule has 9 nitrogen and oxygen atoms in total. The Kier molecular flexibility index (Phi) is 8.85. The summed E-state index contributed by atoms with van der Waals surface area (Å²) in [5.41, 5.74) is 1.85. The molecular weight excluding hydrogens is 552 g/mol. The Morgan fingerprint density at radius 3 is 2.12 bits per heavy atom. The second-order valence-electron chi connectivity index (χ2n) is 10.7. The van der Waals surface area contributed by atoms with Gasteiger partial charge in [-0.05, 0) is 88.2 Å². The van der Waals surface area contributed by atoms with Crippen LogP contribution in [0.3, 0.4) is 0 Å². The predicted molar refractivity (Wildman–Crippen MR) is 164 cm³/mol. The molecule has 0 fully saturated rings. The molecule has 43 heavy (non-hydrogen) atoms. The number of benzene rings is 3. The lowest BCUT2D eigenvalue weighted by molar-refractivity contribution is -0.131. The fraction of sp³-hybridized carbons (Fsp3) is 0.235. The summed E-state index contributed by atoms with van der Waals surface area (Å²) in [6.07, 6.45) is 6.31. The maximum absolute atomic E-state index is 12.9. The molecular formula is C34H34O9. The van der Waals surface area contributed by atoms with E-state index in [1.54, 1.807) is 12.1 Å². The van der Waals surface area contributed by atoms with Crippen LogP contribution in [0.25, 0.3) is 28.2 Å². The Morgan fingerprint density at radius 2 is 1.56 bits per heavy atom. The number of phenolic OH excluding ortho intramolecular Hbond substituents is 2. The van der Waals surface area contributed by atoms with Crippen molar-refractivity contribution < 1.29 is 38.7 Å². The molecule has 0 aliphatic carbocycles. The molecule has 0 atom stereocenters. The van der Waals surface area contributed by atoms with Crippen molar-refractivity contribution in [1.29, 1.82) is 0 Å². The summed E-state index contributed by atoms with van der Waals surface area (Å²) in [6, 6.07) is 12.0.